The molecule has 0 aliphatic carbocycles. The maximum Gasteiger partial charge on any atom is 0.261 e. The van der Waals surface area contributed by atoms with Gasteiger partial charge in [-0.25, -0.2) is 4.68 Å². The lowest BCUT2D eigenvalue weighted by Crippen LogP contribution is -2.22. The molecule has 0 saturated heterocycles. The molecule has 1 atom stereocenters. The number of rotatable bonds is 7. The Bertz CT molecular complexity index is 1460. The Morgan fingerprint density at radius 1 is 1.05 bits per heavy atom. The highest BCUT2D eigenvalue weighted by molar-refractivity contribution is 6.30. The molecule has 188 valence electrons. The number of amides is 1. The highest BCUT2D eigenvalue weighted by Gasteiger charge is 2.30. The number of aryl methyl sites for hydroxylation is 1. The second kappa shape index (κ2) is 10.4. The number of allylic oxidation sites excluding steroid dienone is 1. The zero-order chi connectivity index (χ0) is 25.9. The lowest BCUT2D eigenvalue weighted by Gasteiger charge is -2.27. The molecule has 0 unspecified atom stereocenters. The summed E-state index contributed by atoms with van der Waals surface area (Å²) in [5.74, 6) is 1.53. The van der Waals surface area contributed by atoms with Crippen LogP contribution in [-0.4, -0.2) is 29.9 Å². The third-order valence-electron chi connectivity index (χ3n) is 6.41. The summed E-state index contributed by atoms with van der Waals surface area (Å²) >= 11 is 6.00. The highest BCUT2D eigenvalue weighted by atomic mass is 35.5. The number of fused-ring (bicyclic) bond motifs is 1. The summed E-state index contributed by atoms with van der Waals surface area (Å²) in [7, 11) is 3.23. The summed E-state index contributed by atoms with van der Waals surface area (Å²) in [5.41, 5.74) is 5.03. The van der Waals surface area contributed by atoms with Crippen molar-refractivity contribution in [3.63, 3.8) is 0 Å². The Morgan fingerprint density at radius 2 is 1.81 bits per heavy atom. The van der Waals surface area contributed by atoms with E-state index in [1.54, 1.807) is 49.4 Å². The van der Waals surface area contributed by atoms with Crippen LogP contribution in [-0.2, 0) is 6.42 Å². The molecule has 1 aliphatic heterocycles. The number of hydrogen-bond acceptors (Lipinski definition) is 5. The molecule has 1 amide bonds. The molecule has 0 saturated carbocycles. The van der Waals surface area contributed by atoms with Crippen LogP contribution >= 0.6 is 11.6 Å². The standard InChI is InChI=1S/C29H27ClN4O3/c1-4-18-8-10-19(11-9-18)24-16-25(22-6-5-7-26(36-2)27(22)37-3)34-28(33-24)23(17-31-34)29(35)32-21-14-12-20(30)13-15-21/h5-17,25,33H,4H2,1-3H3,(H,32,35)/t25-/m0/s1. The van der Waals surface area contributed by atoms with E-state index in [0.717, 1.165) is 23.2 Å². The van der Waals surface area contributed by atoms with Crippen molar-refractivity contribution in [1.82, 2.24) is 9.78 Å². The van der Waals surface area contributed by atoms with Gasteiger partial charge in [0.2, 0.25) is 0 Å². The van der Waals surface area contributed by atoms with Crippen molar-refractivity contribution in [2.75, 3.05) is 24.9 Å². The van der Waals surface area contributed by atoms with Crippen LogP contribution in [0.3, 0.4) is 0 Å². The van der Waals surface area contributed by atoms with Gasteiger partial charge in [-0.3, -0.25) is 4.79 Å². The molecule has 7 nitrogen and oxygen atoms in total. The Morgan fingerprint density at radius 3 is 2.49 bits per heavy atom. The Labute approximate surface area is 220 Å². The van der Waals surface area contributed by atoms with Crippen molar-refractivity contribution >= 4 is 34.7 Å². The van der Waals surface area contributed by atoms with Crippen molar-refractivity contribution in [3.8, 4) is 11.5 Å². The Kier molecular flexibility index (Phi) is 6.88. The highest BCUT2D eigenvalue weighted by Crippen LogP contribution is 2.41. The van der Waals surface area contributed by atoms with Crippen molar-refractivity contribution in [2.24, 2.45) is 0 Å². The van der Waals surface area contributed by atoms with Gasteiger partial charge in [-0.1, -0.05) is 54.9 Å². The third kappa shape index (κ3) is 4.78. The first-order valence-electron chi connectivity index (χ1n) is 12.0. The smallest absolute Gasteiger partial charge is 0.261 e. The van der Waals surface area contributed by atoms with Crippen LogP contribution in [0.4, 0.5) is 11.5 Å². The van der Waals surface area contributed by atoms with Crippen molar-refractivity contribution < 1.29 is 14.3 Å². The van der Waals surface area contributed by atoms with Crippen LogP contribution in [0.15, 0.2) is 79.0 Å². The fraction of sp³-hybridized carbons (Fsp3) is 0.172. The molecule has 0 fully saturated rings. The predicted molar refractivity (Wildman–Crippen MR) is 147 cm³/mol. The zero-order valence-electron chi connectivity index (χ0n) is 20.8. The summed E-state index contributed by atoms with van der Waals surface area (Å²) < 4.78 is 13.1. The number of nitrogens with zero attached hydrogens (tertiary/aromatic N) is 2. The fourth-order valence-corrected chi connectivity index (χ4v) is 4.57. The van der Waals surface area contributed by atoms with Crippen molar-refractivity contribution in [3.05, 3.63) is 106 Å². The van der Waals surface area contributed by atoms with Gasteiger partial charge in [0.15, 0.2) is 11.5 Å². The molecule has 2 N–H and O–H groups in total. The average Bonchev–Trinajstić information content (AvgIpc) is 3.37. The predicted octanol–water partition coefficient (Wildman–Crippen LogP) is 6.42. The van der Waals surface area contributed by atoms with E-state index in [4.69, 9.17) is 21.1 Å². The number of anilines is 2. The molecule has 37 heavy (non-hydrogen) atoms. The molecule has 2 heterocycles. The molecule has 0 bridgehead atoms. The first kappa shape index (κ1) is 24.5. The van der Waals surface area contributed by atoms with Gasteiger partial charge in [0, 0.05) is 22.0 Å². The van der Waals surface area contributed by atoms with E-state index in [-0.39, 0.29) is 11.9 Å². The molecular weight excluding hydrogens is 488 g/mol. The number of benzene rings is 3. The molecule has 3 aromatic carbocycles. The summed E-state index contributed by atoms with van der Waals surface area (Å²) in [6.45, 7) is 2.13. The second-order valence-electron chi connectivity index (χ2n) is 8.60. The molecule has 1 aromatic heterocycles. The second-order valence-corrected chi connectivity index (χ2v) is 9.03. The Hall–Kier alpha value is -4.23. The van der Waals surface area contributed by atoms with E-state index in [2.05, 4.69) is 53.0 Å². The molecular formula is C29H27ClN4O3. The summed E-state index contributed by atoms with van der Waals surface area (Å²) in [4.78, 5) is 13.3. The third-order valence-corrected chi connectivity index (χ3v) is 6.66. The van der Waals surface area contributed by atoms with Crippen LogP contribution in [0, 0.1) is 0 Å². The van der Waals surface area contributed by atoms with Crippen LogP contribution in [0.1, 0.15) is 40.0 Å². The molecule has 5 rings (SSSR count). The minimum Gasteiger partial charge on any atom is -0.493 e. The van der Waals surface area contributed by atoms with E-state index in [1.807, 2.05) is 18.2 Å². The van der Waals surface area contributed by atoms with Crippen LogP contribution in [0.5, 0.6) is 11.5 Å². The number of carbonyl (C=O) groups excluding carboxylic acids is 1. The summed E-state index contributed by atoms with van der Waals surface area (Å²) in [5, 5.41) is 11.6. The first-order valence-corrected chi connectivity index (χ1v) is 12.3. The van der Waals surface area contributed by atoms with Gasteiger partial charge >= 0.3 is 0 Å². The van der Waals surface area contributed by atoms with Gasteiger partial charge in [-0.15, -0.1) is 0 Å². The number of para-hydroxylation sites is 1. The van der Waals surface area contributed by atoms with Crippen LogP contribution in [0.2, 0.25) is 5.02 Å². The molecule has 4 aromatic rings. The zero-order valence-corrected chi connectivity index (χ0v) is 21.5. The maximum absolute atomic E-state index is 13.3. The Balaban J connectivity index is 1.60. The topological polar surface area (TPSA) is 77.4 Å². The summed E-state index contributed by atoms with van der Waals surface area (Å²) in [6, 6.07) is 20.8. The van der Waals surface area contributed by atoms with E-state index >= 15 is 0 Å². The van der Waals surface area contributed by atoms with Crippen molar-refractivity contribution in [2.45, 2.75) is 19.4 Å². The number of aromatic nitrogens is 2. The average molecular weight is 515 g/mol. The number of halogens is 1. The van der Waals surface area contributed by atoms with E-state index < -0.39 is 0 Å². The quantitative estimate of drug-likeness (QED) is 0.297. The van der Waals surface area contributed by atoms with Crippen molar-refractivity contribution in [1.29, 1.82) is 0 Å². The van der Waals surface area contributed by atoms with Gasteiger partial charge in [0.05, 0.1) is 20.4 Å². The number of methoxy groups -OCH3 is 2. The minimum absolute atomic E-state index is 0.282. The molecule has 8 heteroatoms. The summed E-state index contributed by atoms with van der Waals surface area (Å²) in [6.07, 6.45) is 4.61. The van der Waals surface area contributed by atoms with E-state index in [1.165, 1.54) is 5.56 Å². The van der Waals surface area contributed by atoms with Crippen LogP contribution in [0.25, 0.3) is 5.70 Å². The largest absolute Gasteiger partial charge is 0.493 e. The van der Waals surface area contributed by atoms with E-state index in [9.17, 15) is 4.79 Å². The molecule has 1 aliphatic rings. The lowest BCUT2D eigenvalue weighted by atomic mass is 9.99. The maximum atomic E-state index is 13.3. The SMILES string of the molecule is CCc1ccc(C2=C[C@@H](c3cccc(OC)c3OC)n3ncc(C(=O)Nc4ccc(Cl)cc4)c3N2)cc1. The van der Waals surface area contributed by atoms with Gasteiger partial charge in [-0.2, -0.15) is 5.10 Å². The van der Waals surface area contributed by atoms with Gasteiger partial charge in [-0.05, 0) is 54.0 Å². The molecule has 0 spiro atoms. The number of hydrogen-bond donors (Lipinski definition) is 2. The lowest BCUT2D eigenvalue weighted by molar-refractivity contribution is 0.102. The fourth-order valence-electron chi connectivity index (χ4n) is 4.45. The number of nitrogens with one attached hydrogen (secondary N) is 2. The van der Waals surface area contributed by atoms with Crippen LogP contribution < -0.4 is 20.1 Å². The van der Waals surface area contributed by atoms with Gasteiger partial charge in [0.25, 0.3) is 5.91 Å². The van der Waals surface area contributed by atoms with E-state index in [0.29, 0.717) is 33.6 Å². The first-order chi connectivity index (χ1) is 18.0. The normalized spacial score (nSPS) is 14.3. The minimum atomic E-state index is -0.348. The number of ether oxygens (including phenoxy) is 2. The monoisotopic (exact) mass is 514 g/mol. The van der Waals surface area contributed by atoms with Gasteiger partial charge in [0.1, 0.15) is 17.4 Å². The number of carbonyl (C=O) groups is 1. The van der Waals surface area contributed by atoms with Gasteiger partial charge < -0.3 is 20.1 Å². The molecule has 0 radical (unpaired) electrons.